The van der Waals surface area contributed by atoms with E-state index in [1.807, 2.05) is 24.3 Å². The normalized spacial score (nSPS) is 20.6. The van der Waals surface area contributed by atoms with Gasteiger partial charge in [-0.25, -0.2) is 0 Å². The van der Waals surface area contributed by atoms with E-state index in [-0.39, 0.29) is 35.3 Å². The number of carbonyl (C=O) groups excluding carboxylic acids is 3. The lowest BCUT2D eigenvalue weighted by molar-refractivity contribution is -0.152. The van der Waals surface area contributed by atoms with Crippen molar-refractivity contribution < 1.29 is 28.4 Å². The minimum absolute atomic E-state index is 0.00345. The number of likely N-dealkylation sites (tertiary alicyclic amines) is 2. The SMILES string of the molecule is CCOC(=O)C1CCCN(C(=O)C2CCCN(C(=O)c3cc(-c4cccc(OC)c4)on3)C2)C1. The van der Waals surface area contributed by atoms with Gasteiger partial charge in [0.2, 0.25) is 5.91 Å². The first-order chi connectivity index (χ1) is 16.5. The Labute approximate surface area is 199 Å². The van der Waals surface area contributed by atoms with Crippen LogP contribution in [0.2, 0.25) is 0 Å². The van der Waals surface area contributed by atoms with Crippen LogP contribution in [0.25, 0.3) is 11.3 Å². The lowest BCUT2D eigenvalue weighted by Crippen LogP contribution is -2.50. The second-order valence-electron chi connectivity index (χ2n) is 8.77. The molecule has 0 N–H and O–H groups in total. The summed E-state index contributed by atoms with van der Waals surface area (Å²) in [6.45, 7) is 4.03. The number of esters is 1. The highest BCUT2D eigenvalue weighted by Gasteiger charge is 2.36. The molecular weight excluding hydrogens is 438 g/mol. The molecule has 4 rings (SSSR count). The van der Waals surface area contributed by atoms with Crippen LogP contribution >= 0.6 is 0 Å². The average Bonchev–Trinajstić information content (AvgIpc) is 3.38. The van der Waals surface area contributed by atoms with Crippen molar-refractivity contribution in [1.82, 2.24) is 15.0 Å². The summed E-state index contributed by atoms with van der Waals surface area (Å²) in [6.07, 6.45) is 2.96. The maximum Gasteiger partial charge on any atom is 0.310 e. The first-order valence-corrected chi connectivity index (χ1v) is 11.9. The van der Waals surface area contributed by atoms with Gasteiger partial charge in [0.15, 0.2) is 11.5 Å². The number of rotatable bonds is 6. The summed E-state index contributed by atoms with van der Waals surface area (Å²) in [7, 11) is 1.59. The van der Waals surface area contributed by atoms with E-state index in [9.17, 15) is 14.4 Å². The van der Waals surface area contributed by atoms with Crippen molar-refractivity contribution in [2.24, 2.45) is 11.8 Å². The predicted octanol–water partition coefficient (Wildman–Crippen LogP) is 3.00. The Morgan fingerprint density at radius 3 is 2.56 bits per heavy atom. The topological polar surface area (TPSA) is 102 Å². The van der Waals surface area contributed by atoms with E-state index < -0.39 is 0 Å². The monoisotopic (exact) mass is 469 g/mol. The summed E-state index contributed by atoms with van der Waals surface area (Å²) >= 11 is 0. The summed E-state index contributed by atoms with van der Waals surface area (Å²) in [5, 5.41) is 3.98. The van der Waals surface area contributed by atoms with Gasteiger partial charge in [-0.3, -0.25) is 14.4 Å². The van der Waals surface area contributed by atoms with E-state index in [0.29, 0.717) is 44.3 Å². The van der Waals surface area contributed by atoms with Crippen molar-refractivity contribution in [2.75, 3.05) is 39.9 Å². The molecule has 0 saturated carbocycles. The van der Waals surface area contributed by atoms with Gasteiger partial charge in [0.05, 0.1) is 25.6 Å². The lowest BCUT2D eigenvalue weighted by Gasteiger charge is -2.37. The molecule has 34 heavy (non-hydrogen) atoms. The zero-order valence-corrected chi connectivity index (χ0v) is 19.7. The van der Waals surface area contributed by atoms with E-state index >= 15 is 0 Å². The number of aromatic nitrogens is 1. The first kappa shape index (κ1) is 23.8. The average molecular weight is 470 g/mol. The zero-order chi connectivity index (χ0) is 24.1. The number of amides is 2. The van der Waals surface area contributed by atoms with Crippen molar-refractivity contribution in [3.63, 3.8) is 0 Å². The Hall–Kier alpha value is -3.36. The van der Waals surface area contributed by atoms with Gasteiger partial charge in [-0.15, -0.1) is 0 Å². The van der Waals surface area contributed by atoms with Crippen molar-refractivity contribution in [1.29, 1.82) is 0 Å². The highest BCUT2D eigenvalue weighted by molar-refractivity contribution is 5.93. The van der Waals surface area contributed by atoms with E-state index in [2.05, 4.69) is 5.16 Å². The Kier molecular flexibility index (Phi) is 7.49. The molecule has 1 aromatic carbocycles. The van der Waals surface area contributed by atoms with Gasteiger partial charge < -0.3 is 23.8 Å². The van der Waals surface area contributed by atoms with Crippen LogP contribution in [-0.2, 0) is 14.3 Å². The highest BCUT2D eigenvalue weighted by Crippen LogP contribution is 2.27. The Morgan fingerprint density at radius 1 is 1.06 bits per heavy atom. The minimum Gasteiger partial charge on any atom is -0.497 e. The second-order valence-corrected chi connectivity index (χ2v) is 8.77. The number of carbonyl (C=O) groups is 3. The third-order valence-electron chi connectivity index (χ3n) is 6.49. The van der Waals surface area contributed by atoms with Crippen LogP contribution in [0.15, 0.2) is 34.9 Å². The highest BCUT2D eigenvalue weighted by atomic mass is 16.5. The molecule has 0 bridgehead atoms. The van der Waals surface area contributed by atoms with Crippen LogP contribution in [0.5, 0.6) is 5.75 Å². The molecule has 2 aliphatic heterocycles. The summed E-state index contributed by atoms with van der Waals surface area (Å²) in [6, 6.07) is 8.96. The lowest BCUT2D eigenvalue weighted by atomic mass is 9.93. The van der Waals surface area contributed by atoms with Crippen molar-refractivity contribution in [2.45, 2.75) is 32.6 Å². The number of benzene rings is 1. The Morgan fingerprint density at radius 2 is 1.79 bits per heavy atom. The van der Waals surface area contributed by atoms with Crippen molar-refractivity contribution in [3.8, 4) is 17.1 Å². The molecule has 2 saturated heterocycles. The van der Waals surface area contributed by atoms with E-state index in [1.54, 1.807) is 29.9 Å². The maximum atomic E-state index is 13.2. The molecule has 0 aliphatic carbocycles. The fourth-order valence-corrected chi connectivity index (χ4v) is 4.70. The summed E-state index contributed by atoms with van der Waals surface area (Å²) in [4.78, 5) is 41.9. The third kappa shape index (κ3) is 5.24. The molecule has 2 aromatic rings. The van der Waals surface area contributed by atoms with E-state index in [4.69, 9.17) is 14.0 Å². The van der Waals surface area contributed by atoms with Crippen LogP contribution < -0.4 is 4.74 Å². The van der Waals surface area contributed by atoms with Gasteiger partial charge in [-0.2, -0.15) is 0 Å². The van der Waals surface area contributed by atoms with Gasteiger partial charge in [0.25, 0.3) is 5.91 Å². The van der Waals surface area contributed by atoms with Gasteiger partial charge in [-0.1, -0.05) is 17.3 Å². The van der Waals surface area contributed by atoms with Gasteiger partial charge >= 0.3 is 5.97 Å². The molecule has 2 fully saturated rings. The number of hydrogen-bond acceptors (Lipinski definition) is 7. The number of piperidine rings is 2. The summed E-state index contributed by atoms with van der Waals surface area (Å²) in [5.41, 5.74) is 0.977. The molecule has 2 amide bonds. The first-order valence-electron chi connectivity index (χ1n) is 11.9. The van der Waals surface area contributed by atoms with Crippen LogP contribution in [0.1, 0.15) is 43.1 Å². The molecule has 9 nitrogen and oxygen atoms in total. The van der Waals surface area contributed by atoms with Crippen LogP contribution in [-0.4, -0.2) is 72.6 Å². The summed E-state index contributed by atoms with van der Waals surface area (Å²) < 4.78 is 15.8. The summed E-state index contributed by atoms with van der Waals surface area (Å²) in [5.74, 6) is 0.111. The number of hydrogen-bond donors (Lipinski definition) is 0. The number of methoxy groups -OCH3 is 1. The minimum atomic E-state index is -0.289. The molecule has 2 aliphatic rings. The molecular formula is C25H31N3O6. The second kappa shape index (κ2) is 10.7. The van der Waals surface area contributed by atoms with Crippen molar-refractivity contribution >= 4 is 17.8 Å². The van der Waals surface area contributed by atoms with Crippen LogP contribution in [0.3, 0.4) is 0 Å². The standard InChI is InChI=1S/C25H31N3O6/c1-3-33-25(31)19-9-6-11-27(16-19)23(29)18-8-5-12-28(15-18)24(30)21-14-22(34-26-21)17-7-4-10-20(13-17)32-2/h4,7,10,13-14,18-19H,3,5-6,8-9,11-12,15-16H2,1-2H3. The predicted molar refractivity (Wildman–Crippen MR) is 123 cm³/mol. The molecule has 2 atom stereocenters. The molecule has 182 valence electrons. The molecule has 0 radical (unpaired) electrons. The fourth-order valence-electron chi connectivity index (χ4n) is 4.70. The van der Waals surface area contributed by atoms with Crippen LogP contribution in [0, 0.1) is 11.8 Å². The Balaban J connectivity index is 1.40. The quantitative estimate of drug-likeness (QED) is 0.599. The smallest absolute Gasteiger partial charge is 0.310 e. The zero-order valence-electron chi connectivity index (χ0n) is 19.7. The van der Waals surface area contributed by atoms with Crippen molar-refractivity contribution in [3.05, 3.63) is 36.0 Å². The number of ether oxygens (including phenoxy) is 2. The molecule has 3 heterocycles. The fraction of sp³-hybridized carbons (Fsp3) is 0.520. The van der Waals surface area contributed by atoms with Gasteiger partial charge in [0.1, 0.15) is 5.75 Å². The van der Waals surface area contributed by atoms with Gasteiger partial charge in [-0.05, 0) is 44.7 Å². The molecule has 2 unspecified atom stereocenters. The molecule has 0 spiro atoms. The Bertz CT molecular complexity index is 1040. The molecule has 9 heteroatoms. The number of nitrogens with zero attached hydrogens (tertiary/aromatic N) is 3. The van der Waals surface area contributed by atoms with E-state index in [0.717, 1.165) is 31.2 Å². The maximum absolute atomic E-state index is 13.2. The van der Waals surface area contributed by atoms with E-state index in [1.165, 1.54) is 0 Å². The van der Waals surface area contributed by atoms with Crippen LogP contribution in [0.4, 0.5) is 0 Å². The van der Waals surface area contributed by atoms with Gasteiger partial charge in [0, 0.05) is 37.8 Å². The molecule has 1 aromatic heterocycles. The third-order valence-corrected chi connectivity index (χ3v) is 6.49. The largest absolute Gasteiger partial charge is 0.497 e.